The molecular weight excluding hydrogens is 152 g/mol. The molecule has 1 rings (SSSR count). The van der Waals surface area contributed by atoms with Crippen LogP contribution in [0.2, 0.25) is 0 Å². The maximum atomic E-state index is 3.83. The lowest BCUT2D eigenvalue weighted by Crippen LogP contribution is -2.17. The van der Waals surface area contributed by atoms with Crippen molar-refractivity contribution in [2.45, 2.75) is 40.0 Å². The summed E-state index contributed by atoms with van der Waals surface area (Å²) < 4.78 is 0. The molecule has 0 aliphatic carbocycles. The van der Waals surface area contributed by atoms with Gasteiger partial charge in [0.15, 0.2) is 12.2 Å². The molecule has 1 aromatic heterocycles. The van der Waals surface area contributed by atoms with Crippen molar-refractivity contribution in [3.05, 3.63) is 12.2 Å². The molecule has 0 aliphatic heterocycles. The van der Waals surface area contributed by atoms with E-state index in [1.807, 2.05) is 34.6 Å². The molecule has 0 saturated carbocycles. The van der Waals surface area contributed by atoms with Crippen molar-refractivity contribution >= 4 is 0 Å². The molecule has 4 nitrogen and oxygen atoms in total. The van der Waals surface area contributed by atoms with Crippen molar-refractivity contribution in [1.29, 1.82) is 0 Å². The largest absolute Gasteiger partial charge is 0.178 e. The molecule has 0 fully saturated rings. The van der Waals surface area contributed by atoms with Crippen LogP contribution in [0, 0.1) is 0 Å². The van der Waals surface area contributed by atoms with Crippen LogP contribution in [0.4, 0.5) is 0 Å². The highest BCUT2D eigenvalue weighted by atomic mass is 15.3. The van der Waals surface area contributed by atoms with Crippen LogP contribution in [-0.2, 0) is 5.41 Å². The van der Waals surface area contributed by atoms with Crippen LogP contribution in [0.15, 0.2) is 6.33 Å². The van der Waals surface area contributed by atoms with Gasteiger partial charge in [-0.15, -0.1) is 20.4 Å². The van der Waals surface area contributed by atoms with E-state index >= 15 is 0 Å². The van der Waals surface area contributed by atoms with Gasteiger partial charge in [0, 0.05) is 5.41 Å². The summed E-state index contributed by atoms with van der Waals surface area (Å²) in [5, 5.41) is 14.9. The monoisotopic (exact) mass is 168 g/mol. The van der Waals surface area contributed by atoms with Gasteiger partial charge in [-0.2, -0.15) is 0 Å². The van der Waals surface area contributed by atoms with Crippen LogP contribution < -0.4 is 0 Å². The van der Waals surface area contributed by atoms with Crippen LogP contribution >= 0.6 is 0 Å². The topological polar surface area (TPSA) is 51.6 Å². The Morgan fingerprint density at radius 2 is 1.42 bits per heavy atom. The first-order chi connectivity index (χ1) is 5.61. The Kier molecular flexibility index (Phi) is 4.33. The Balaban J connectivity index is 0.000000561. The standard InChI is InChI=1S/C6H10N4.C2H6/c1-6(2,3)5-9-7-4-8-10-5;1-2/h4H,1-3H3;1-2H3. The Labute approximate surface area is 73.4 Å². The highest BCUT2D eigenvalue weighted by Crippen LogP contribution is 2.14. The van der Waals surface area contributed by atoms with E-state index in [2.05, 4.69) is 20.4 Å². The summed E-state index contributed by atoms with van der Waals surface area (Å²) in [6.07, 6.45) is 1.33. The molecule has 0 unspecified atom stereocenters. The van der Waals surface area contributed by atoms with E-state index in [-0.39, 0.29) is 5.41 Å². The Hall–Kier alpha value is -1.06. The molecule has 0 aromatic carbocycles. The summed E-state index contributed by atoms with van der Waals surface area (Å²) in [4.78, 5) is 0. The highest BCUT2D eigenvalue weighted by molar-refractivity contribution is 4.95. The Morgan fingerprint density at radius 3 is 1.67 bits per heavy atom. The minimum atomic E-state index is -0.0543. The van der Waals surface area contributed by atoms with E-state index in [9.17, 15) is 0 Å². The van der Waals surface area contributed by atoms with Gasteiger partial charge < -0.3 is 0 Å². The van der Waals surface area contributed by atoms with Gasteiger partial charge in [0.1, 0.15) is 0 Å². The van der Waals surface area contributed by atoms with Gasteiger partial charge >= 0.3 is 0 Å². The number of hydrogen-bond donors (Lipinski definition) is 0. The maximum Gasteiger partial charge on any atom is 0.178 e. The third kappa shape index (κ3) is 3.37. The van der Waals surface area contributed by atoms with Crippen LogP contribution in [0.5, 0.6) is 0 Å². The molecule has 0 aliphatic rings. The van der Waals surface area contributed by atoms with Gasteiger partial charge in [-0.1, -0.05) is 34.6 Å². The first-order valence-corrected chi connectivity index (χ1v) is 4.11. The van der Waals surface area contributed by atoms with Crippen molar-refractivity contribution in [2.24, 2.45) is 0 Å². The van der Waals surface area contributed by atoms with Gasteiger partial charge in [0.2, 0.25) is 0 Å². The molecule has 4 heteroatoms. The van der Waals surface area contributed by atoms with E-state index < -0.39 is 0 Å². The van der Waals surface area contributed by atoms with Crippen LogP contribution in [0.25, 0.3) is 0 Å². The maximum absolute atomic E-state index is 3.83. The molecule has 0 bridgehead atoms. The molecule has 0 atom stereocenters. The molecular formula is C8H16N4. The molecule has 1 aromatic rings. The minimum Gasteiger partial charge on any atom is -0.135 e. The second-order valence-corrected chi connectivity index (χ2v) is 3.12. The zero-order valence-electron chi connectivity index (χ0n) is 8.37. The molecule has 0 amide bonds. The van der Waals surface area contributed by atoms with Crippen molar-refractivity contribution in [3.63, 3.8) is 0 Å². The highest BCUT2D eigenvalue weighted by Gasteiger charge is 2.17. The first kappa shape index (κ1) is 10.9. The van der Waals surface area contributed by atoms with Gasteiger partial charge in [-0.05, 0) is 0 Å². The second-order valence-electron chi connectivity index (χ2n) is 3.12. The summed E-state index contributed by atoms with van der Waals surface area (Å²) in [5.41, 5.74) is -0.0543. The predicted molar refractivity (Wildman–Crippen MR) is 47.7 cm³/mol. The summed E-state index contributed by atoms with van der Waals surface area (Å²) in [5.74, 6) is 0.676. The number of nitrogens with zero attached hydrogens (tertiary/aromatic N) is 4. The van der Waals surface area contributed by atoms with Crippen LogP contribution in [-0.4, -0.2) is 20.4 Å². The van der Waals surface area contributed by atoms with E-state index in [4.69, 9.17) is 0 Å². The fourth-order valence-corrected chi connectivity index (χ4v) is 0.504. The van der Waals surface area contributed by atoms with Crippen molar-refractivity contribution in [1.82, 2.24) is 20.4 Å². The fraction of sp³-hybridized carbons (Fsp3) is 0.750. The Bertz CT molecular complexity index is 202. The third-order valence-electron chi connectivity index (χ3n) is 1.08. The minimum absolute atomic E-state index is 0.0543. The van der Waals surface area contributed by atoms with Crippen LogP contribution in [0.3, 0.4) is 0 Å². The van der Waals surface area contributed by atoms with Gasteiger partial charge in [-0.3, -0.25) is 0 Å². The van der Waals surface area contributed by atoms with Gasteiger partial charge in [0.25, 0.3) is 0 Å². The predicted octanol–water partition coefficient (Wildman–Crippen LogP) is 1.59. The molecule has 0 saturated heterocycles. The van der Waals surface area contributed by atoms with E-state index in [1.54, 1.807) is 0 Å². The average Bonchev–Trinajstić information content (AvgIpc) is 2.08. The normalized spacial score (nSPS) is 10.1. The lowest BCUT2D eigenvalue weighted by Gasteiger charge is -2.12. The molecule has 0 radical (unpaired) electrons. The summed E-state index contributed by atoms with van der Waals surface area (Å²) >= 11 is 0. The SMILES string of the molecule is CC.CC(C)(C)c1nncnn1. The molecule has 12 heavy (non-hydrogen) atoms. The number of hydrogen-bond acceptors (Lipinski definition) is 4. The lowest BCUT2D eigenvalue weighted by atomic mass is 9.96. The Morgan fingerprint density at radius 1 is 1.00 bits per heavy atom. The molecule has 68 valence electrons. The second kappa shape index (κ2) is 4.74. The molecule has 0 spiro atoms. The van der Waals surface area contributed by atoms with Crippen molar-refractivity contribution in [3.8, 4) is 0 Å². The van der Waals surface area contributed by atoms with Crippen molar-refractivity contribution < 1.29 is 0 Å². The average molecular weight is 168 g/mol. The summed E-state index contributed by atoms with van der Waals surface area (Å²) in [7, 11) is 0. The van der Waals surface area contributed by atoms with Gasteiger partial charge in [0.05, 0.1) is 0 Å². The van der Waals surface area contributed by atoms with E-state index in [0.717, 1.165) is 0 Å². The summed E-state index contributed by atoms with van der Waals surface area (Å²) in [6.45, 7) is 10.1. The molecule has 0 N–H and O–H groups in total. The zero-order valence-corrected chi connectivity index (χ0v) is 8.37. The van der Waals surface area contributed by atoms with E-state index in [1.165, 1.54) is 6.33 Å². The third-order valence-corrected chi connectivity index (χ3v) is 1.08. The van der Waals surface area contributed by atoms with E-state index in [0.29, 0.717) is 5.82 Å². The molecule has 1 heterocycles. The van der Waals surface area contributed by atoms with Crippen molar-refractivity contribution in [2.75, 3.05) is 0 Å². The fourth-order valence-electron chi connectivity index (χ4n) is 0.504. The summed E-state index contributed by atoms with van der Waals surface area (Å²) in [6, 6.07) is 0. The zero-order chi connectivity index (χ0) is 9.61. The van der Waals surface area contributed by atoms with Gasteiger partial charge in [-0.25, -0.2) is 0 Å². The number of rotatable bonds is 0. The van der Waals surface area contributed by atoms with Crippen LogP contribution in [0.1, 0.15) is 40.4 Å². The first-order valence-electron chi connectivity index (χ1n) is 4.11. The quantitative estimate of drug-likeness (QED) is 0.590. The lowest BCUT2D eigenvalue weighted by molar-refractivity contribution is 0.518. The number of aromatic nitrogens is 4. The smallest absolute Gasteiger partial charge is 0.135 e.